The fraction of sp³-hybridized carbons (Fsp3) is 0.471. The lowest BCUT2D eigenvalue weighted by Gasteiger charge is -2.28. The molecule has 21 heavy (non-hydrogen) atoms. The Kier molecular flexibility index (Phi) is 3.86. The number of nitrogens with one attached hydrogen (secondary N) is 1. The van der Waals surface area contributed by atoms with Crippen LogP contribution in [-0.4, -0.2) is 17.3 Å². The molecule has 0 bridgehead atoms. The van der Waals surface area contributed by atoms with Crippen molar-refractivity contribution >= 4 is 5.82 Å². The van der Waals surface area contributed by atoms with Crippen molar-refractivity contribution in [2.75, 3.05) is 12.8 Å². The maximum absolute atomic E-state index is 5.94. The predicted octanol–water partition coefficient (Wildman–Crippen LogP) is 3.96. The molecule has 4 heteroatoms. The number of methoxy groups -OCH3 is 1. The quantitative estimate of drug-likeness (QED) is 0.897. The largest absolute Gasteiger partial charge is 0.496 e. The van der Waals surface area contributed by atoms with E-state index in [2.05, 4.69) is 35.3 Å². The average molecular weight is 285 g/mol. The number of aromatic nitrogens is 2. The van der Waals surface area contributed by atoms with E-state index in [1.165, 1.54) is 31.2 Å². The summed E-state index contributed by atoms with van der Waals surface area (Å²) in [7, 11) is 1.75. The highest BCUT2D eigenvalue weighted by molar-refractivity contribution is 5.74. The number of nitrogen functional groups attached to an aromatic ring is 1. The first kappa shape index (κ1) is 14.0. The molecule has 1 fully saturated rings. The van der Waals surface area contributed by atoms with E-state index in [-0.39, 0.29) is 0 Å². The van der Waals surface area contributed by atoms with Gasteiger partial charge in [-0.1, -0.05) is 25.8 Å². The molecule has 1 aromatic heterocycles. The summed E-state index contributed by atoms with van der Waals surface area (Å²) in [6.45, 7) is 2.34. The number of nitrogens with two attached hydrogens (primary N) is 1. The molecule has 112 valence electrons. The van der Waals surface area contributed by atoms with Gasteiger partial charge in [0, 0.05) is 5.56 Å². The second-order valence-electron chi connectivity index (χ2n) is 6.11. The zero-order chi connectivity index (χ0) is 14.8. The van der Waals surface area contributed by atoms with E-state index < -0.39 is 0 Å². The third-order valence-corrected chi connectivity index (χ3v) is 4.67. The highest BCUT2D eigenvalue weighted by Crippen LogP contribution is 2.41. The first-order chi connectivity index (χ1) is 10.2. The topological polar surface area (TPSA) is 63.9 Å². The molecule has 0 unspecified atom stereocenters. The molecule has 3 rings (SSSR count). The van der Waals surface area contributed by atoms with Gasteiger partial charge in [-0.2, -0.15) is 5.10 Å². The van der Waals surface area contributed by atoms with Gasteiger partial charge in [-0.15, -0.1) is 0 Å². The van der Waals surface area contributed by atoms with Gasteiger partial charge >= 0.3 is 0 Å². The summed E-state index contributed by atoms with van der Waals surface area (Å²) >= 11 is 0. The van der Waals surface area contributed by atoms with E-state index in [1.54, 1.807) is 13.3 Å². The summed E-state index contributed by atoms with van der Waals surface area (Å²) in [5.74, 6) is 3.04. The second-order valence-corrected chi connectivity index (χ2v) is 6.11. The number of hydrogen-bond acceptors (Lipinski definition) is 3. The van der Waals surface area contributed by atoms with Crippen LogP contribution in [0.2, 0.25) is 0 Å². The van der Waals surface area contributed by atoms with E-state index in [0.29, 0.717) is 11.7 Å². The van der Waals surface area contributed by atoms with Gasteiger partial charge in [0.05, 0.1) is 13.3 Å². The molecular weight excluding hydrogens is 262 g/mol. The summed E-state index contributed by atoms with van der Waals surface area (Å²) < 4.78 is 5.57. The van der Waals surface area contributed by atoms with Crippen molar-refractivity contribution in [3.05, 3.63) is 30.0 Å². The molecule has 0 amide bonds. The molecule has 1 heterocycles. The van der Waals surface area contributed by atoms with Crippen LogP contribution in [0.1, 0.15) is 44.1 Å². The molecule has 2 aromatic rings. The van der Waals surface area contributed by atoms with Crippen LogP contribution in [0.4, 0.5) is 5.82 Å². The van der Waals surface area contributed by atoms with Crippen molar-refractivity contribution in [2.24, 2.45) is 5.92 Å². The summed E-state index contributed by atoms with van der Waals surface area (Å²) in [4.78, 5) is 0. The van der Waals surface area contributed by atoms with Gasteiger partial charge in [0.15, 0.2) is 0 Å². The van der Waals surface area contributed by atoms with Gasteiger partial charge in [0.2, 0.25) is 0 Å². The van der Waals surface area contributed by atoms with Crippen molar-refractivity contribution in [3.63, 3.8) is 0 Å². The van der Waals surface area contributed by atoms with Gasteiger partial charge in [0.1, 0.15) is 11.6 Å². The summed E-state index contributed by atoms with van der Waals surface area (Å²) in [6, 6.07) is 6.32. The van der Waals surface area contributed by atoms with E-state index in [4.69, 9.17) is 10.5 Å². The lowest BCUT2D eigenvalue weighted by molar-refractivity contribution is 0.336. The zero-order valence-electron chi connectivity index (χ0n) is 12.7. The third-order valence-electron chi connectivity index (χ3n) is 4.67. The van der Waals surface area contributed by atoms with Gasteiger partial charge < -0.3 is 10.5 Å². The Morgan fingerprint density at radius 1 is 1.24 bits per heavy atom. The summed E-state index contributed by atoms with van der Waals surface area (Å²) in [5.41, 5.74) is 9.32. The van der Waals surface area contributed by atoms with Gasteiger partial charge in [-0.05, 0) is 47.9 Å². The molecule has 0 radical (unpaired) electrons. The van der Waals surface area contributed by atoms with Crippen LogP contribution in [0.25, 0.3) is 11.1 Å². The summed E-state index contributed by atoms with van der Waals surface area (Å²) in [5, 5.41) is 6.81. The molecular formula is C17H23N3O. The number of hydrogen-bond donors (Lipinski definition) is 2. The van der Waals surface area contributed by atoms with Crippen LogP contribution >= 0.6 is 0 Å². The minimum absolute atomic E-state index is 0.587. The van der Waals surface area contributed by atoms with E-state index in [9.17, 15) is 0 Å². The monoisotopic (exact) mass is 285 g/mol. The summed E-state index contributed by atoms with van der Waals surface area (Å²) in [6.07, 6.45) is 6.85. The first-order valence-electron chi connectivity index (χ1n) is 7.66. The van der Waals surface area contributed by atoms with Gasteiger partial charge in [0.25, 0.3) is 0 Å². The normalized spacial score (nSPS) is 22.2. The standard InChI is InChI=1S/C17H23N3O/c1-11-3-5-12(6-4-11)14-9-13(7-8-16(14)21-2)15-10-19-20-17(15)18/h7-12H,3-6H2,1-2H3,(H3,18,19,20). The molecule has 1 aliphatic rings. The molecule has 0 saturated heterocycles. The van der Waals surface area contributed by atoms with Gasteiger partial charge in [-0.3, -0.25) is 5.10 Å². The van der Waals surface area contributed by atoms with Crippen molar-refractivity contribution in [2.45, 2.75) is 38.5 Å². The Hall–Kier alpha value is -1.97. The van der Waals surface area contributed by atoms with Crippen LogP contribution in [0.5, 0.6) is 5.75 Å². The Morgan fingerprint density at radius 2 is 2.00 bits per heavy atom. The molecule has 1 aromatic carbocycles. The van der Waals surface area contributed by atoms with Crippen LogP contribution in [0, 0.1) is 5.92 Å². The van der Waals surface area contributed by atoms with Crippen molar-refractivity contribution in [1.29, 1.82) is 0 Å². The number of H-pyrrole nitrogens is 1. The predicted molar refractivity (Wildman–Crippen MR) is 85.4 cm³/mol. The molecule has 0 atom stereocenters. The molecule has 0 aliphatic heterocycles. The minimum Gasteiger partial charge on any atom is -0.496 e. The van der Waals surface area contributed by atoms with Crippen molar-refractivity contribution < 1.29 is 4.74 Å². The highest BCUT2D eigenvalue weighted by Gasteiger charge is 2.23. The number of benzene rings is 1. The number of aromatic amines is 1. The van der Waals surface area contributed by atoms with Crippen molar-refractivity contribution in [3.8, 4) is 16.9 Å². The highest BCUT2D eigenvalue weighted by atomic mass is 16.5. The fourth-order valence-electron chi connectivity index (χ4n) is 3.32. The zero-order valence-corrected chi connectivity index (χ0v) is 12.7. The second kappa shape index (κ2) is 5.80. The minimum atomic E-state index is 0.587. The molecule has 1 saturated carbocycles. The van der Waals surface area contributed by atoms with Crippen molar-refractivity contribution in [1.82, 2.24) is 10.2 Å². The smallest absolute Gasteiger partial charge is 0.126 e. The maximum Gasteiger partial charge on any atom is 0.126 e. The Morgan fingerprint density at radius 3 is 2.62 bits per heavy atom. The van der Waals surface area contributed by atoms with E-state index >= 15 is 0 Å². The van der Waals surface area contributed by atoms with Crippen LogP contribution in [0.15, 0.2) is 24.4 Å². The van der Waals surface area contributed by atoms with Gasteiger partial charge in [-0.25, -0.2) is 0 Å². The number of ether oxygens (including phenoxy) is 1. The van der Waals surface area contributed by atoms with E-state index in [0.717, 1.165) is 22.8 Å². The lowest BCUT2D eigenvalue weighted by Crippen LogP contribution is -2.11. The third kappa shape index (κ3) is 2.75. The van der Waals surface area contributed by atoms with Crippen LogP contribution in [0.3, 0.4) is 0 Å². The SMILES string of the molecule is COc1ccc(-c2cn[nH]c2N)cc1C1CCC(C)CC1. The number of rotatable bonds is 3. The molecule has 3 N–H and O–H groups in total. The maximum atomic E-state index is 5.94. The Balaban J connectivity index is 1.96. The molecule has 4 nitrogen and oxygen atoms in total. The van der Waals surface area contributed by atoms with Crippen LogP contribution < -0.4 is 10.5 Å². The fourth-order valence-corrected chi connectivity index (χ4v) is 3.32. The average Bonchev–Trinajstić information content (AvgIpc) is 2.93. The Bertz CT molecular complexity index is 612. The Labute approximate surface area is 125 Å². The number of nitrogens with zero attached hydrogens (tertiary/aromatic N) is 1. The van der Waals surface area contributed by atoms with E-state index in [1.807, 2.05) is 0 Å². The molecule has 1 aliphatic carbocycles. The first-order valence-corrected chi connectivity index (χ1v) is 7.66. The molecule has 0 spiro atoms. The number of anilines is 1. The lowest BCUT2D eigenvalue weighted by atomic mass is 9.78. The van der Waals surface area contributed by atoms with Crippen LogP contribution in [-0.2, 0) is 0 Å².